The summed E-state index contributed by atoms with van der Waals surface area (Å²) in [5, 5.41) is 15.0. The maximum Gasteiger partial charge on any atom is 0.211 e. The summed E-state index contributed by atoms with van der Waals surface area (Å²) in [6, 6.07) is 132. The first-order valence-corrected chi connectivity index (χ1v) is 39.3. The first-order valence-electron chi connectivity index (χ1n) is 39.3. The van der Waals surface area contributed by atoms with Gasteiger partial charge in [-0.15, -0.1) is 0 Å². The van der Waals surface area contributed by atoms with E-state index in [1.807, 2.05) is 36.9 Å². The zero-order chi connectivity index (χ0) is 77.3. The van der Waals surface area contributed by atoms with Crippen molar-refractivity contribution in [3.8, 4) is 33.9 Å². The van der Waals surface area contributed by atoms with Gasteiger partial charge in [0.05, 0.1) is 72.6 Å². The van der Waals surface area contributed by atoms with E-state index >= 15 is 0 Å². The molecule has 23 rings (SSSR count). The highest BCUT2D eigenvalue weighted by molar-refractivity contribution is 6.26. The first kappa shape index (κ1) is 68.4. The highest BCUT2D eigenvalue weighted by Crippen LogP contribution is 2.45. The van der Waals surface area contributed by atoms with E-state index in [9.17, 15) is 0 Å². The lowest BCUT2D eigenvalue weighted by atomic mass is 10.0. The number of hydrogen-bond donors (Lipinski definition) is 0. The summed E-state index contributed by atoms with van der Waals surface area (Å²) in [4.78, 5) is 6.64. The number of nitrogens with zero attached hydrogens (tertiary/aromatic N) is 9. The molecule has 8 aromatic heterocycles. The molecule has 0 aliphatic heterocycles. The molecular formula is C107H76N9+. The van der Waals surface area contributed by atoms with Crippen LogP contribution in [0.2, 0.25) is 0 Å². The largest absolute Gasteiger partial charge is 0.335 e. The van der Waals surface area contributed by atoms with Gasteiger partial charge in [0, 0.05) is 148 Å². The summed E-state index contributed by atoms with van der Waals surface area (Å²) >= 11 is 0. The van der Waals surface area contributed by atoms with Gasteiger partial charge in [-0.3, -0.25) is 4.98 Å². The topological polar surface area (TPSA) is 49.6 Å². The summed E-state index contributed by atoms with van der Waals surface area (Å²) in [5.41, 5.74) is 27.1. The molecule has 15 aromatic carbocycles. The van der Waals surface area contributed by atoms with Crippen LogP contribution in [0.1, 0.15) is 11.1 Å². The van der Waals surface area contributed by atoms with Crippen LogP contribution >= 0.6 is 0 Å². The molecule has 0 aliphatic carbocycles. The molecule has 0 fully saturated rings. The molecule has 9 nitrogen and oxygen atoms in total. The third kappa shape index (κ3) is 11.5. The number of fused-ring (bicyclic) bond motifs is 19. The minimum Gasteiger partial charge on any atom is -0.335 e. The number of para-hydroxylation sites is 8. The highest BCUT2D eigenvalue weighted by atomic mass is 15.1. The Hall–Kier alpha value is -15.6. The molecule has 0 bridgehead atoms. The van der Waals surface area contributed by atoms with Crippen molar-refractivity contribution in [2.75, 3.05) is 4.90 Å². The highest BCUT2D eigenvalue weighted by Gasteiger charge is 2.24. The van der Waals surface area contributed by atoms with E-state index in [4.69, 9.17) is 0 Å². The first-order chi connectivity index (χ1) is 57.4. The maximum absolute atomic E-state index is 4.35. The van der Waals surface area contributed by atoms with E-state index in [0.29, 0.717) is 0 Å². The van der Waals surface area contributed by atoms with E-state index < -0.39 is 0 Å². The number of pyridine rings is 2. The average molecular weight is 1490 g/mol. The third-order valence-electron chi connectivity index (χ3n) is 23.1. The molecule has 9 heteroatoms. The van der Waals surface area contributed by atoms with Crippen molar-refractivity contribution in [3.05, 3.63) is 426 Å². The summed E-state index contributed by atoms with van der Waals surface area (Å²) in [6.45, 7) is 12.9. The van der Waals surface area contributed by atoms with Crippen LogP contribution < -0.4 is 9.47 Å². The Labute approximate surface area is 670 Å². The fourth-order valence-corrected chi connectivity index (χ4v) is 17.9. The fraction of sp³-hybridized carbons (Fsp3) is 0.00935. The fourth-order valence-electron chi connectivity index (χ4n) is 17.9. The monoisotopic (exact) mass is 1490 g/mol. The standard InChI is InChI=1S/C44H31N3.C38H28N3.C25H17N3/c1-2-45-41-19-11-9-17-37(41)39-30-44-40(29-43(39)45)38-18-10-12-20-42(38)47(44)36-27-23-32(24-28-36)31-21-25-35(26-22-31)46(33-13-5-3-6-14-33)34-15-7-4-8-16-34;1-2-27-15-17-28(18-16-27)26-40-34-21-19-30(39-23-9-4-10-24-39)25-33(34)31-20-22-36-37(38(31)40)32-13-7-8-14-35(32)41(36)29-11-5-3-6-12-29;1-2-27-22-11-5-3-9-18(22)20-15-25-21(14-24(20)27)19-10-4-6-12-23(19)28(25)17-8-7-13-26-16-17/h2-30H,1H2;2-25H,1,26H2;2-16H,1H2/q;+1;. The van der Waals surface area contributed by atoms with Gasteiger partial charge in [-0.2, -0.15) is 4.57 Å². The van der Waals surface area contributed by atoms with Gasteiger partial charge >= 0.3 is 0 Å². The molecule has 0 atom stereocenters. The van der Waals surface area contributed by atoms with Crippen molar-refractivity contribution >= 4 is 166 Å². The molecule has 0 unspecified atom stereocenters. The van der Waals surface area contributed by atoms with Crippen molar-refractivity contribution in [2.24, 2.45) is 0 Å². The van der Waals surface area contributed by atoms with Gasteiger partial charge in [0.25, 0.3) is 0 Å². The lowest BCUT2D eigenvalue weighted by molar-refractivity contribution is -0.595. The number of aromatic nitrogens is 8. The molecule has 0 aliphatic rings. The number of rotatable bonds is 13. The summed E-state index contributed by atoms with van der Waals surface area (Å²) < 4.78 is 16.2. The molecule has 0 saturated carbocycles. The van der Waals surface area contributed by atoms with Crippen LogP contribution in [-0.2, 0) is 6.54 Å². The van der Waals surface area contributed by atoms with Gasteiger partial charge < -0.3 is 32.3 Å². The van der Waals surface area contributed by atoms with Crippen LogP contribution in [0.4, 0.5) is 17.1 Å². The Morgan fingerprint density at radius 2 is 0.724 bits per heavy atom. The van der Waals surface area contributed by atoms with Crippen molar-refractivity contribution in [2.45, 2.75) is 6.54 Å². The SMILES string of the molecule is C=Cc1ccc(Cn2c3ccc(-[n+]4ccccc4)cc3c3ccc4c(c5ccccc5n4-c4ccccc4)c32)cc1.C=Cn1c2ccccc2c2cc3c(cc21)c1ccccc1n3-c1ccc(-c2ccc(N(c3ccccc3)c3ccccc3)cc2)cc1.C=Cn1c2ccccc2c2cc3c(cc21)c1ccccc1n3-c1cccnc1. The minimum atomic E-state index is 0.777. The van der Waals surface area contributed by atoms with Gasteiger partial charge in [-0.25, -0.2) is 0 Å². The second-order valence-electron chi connectivity index (χ2n) is 29.5. The zero-order valence-electron chi connectivity index (χ0n) is 63.6. The van der Waals surface area contributed by atoms with Crippen LogP contribution in [0.5, 0.6) is 0 Å². The summed E-state index contributed by atoms with van der Waals surface area (Å²) in [5.74, 6) is 0. The van der Waals surface area contributed by atoms with Gasteiger partial charge in [-0.1, -0.05) is 232 Å². The molecule has 8 heterocycles. The third-order valence-corrected chi connectivity index (χ3v) is 23.1. The van der Waals surface area contributed by atoms with E-state index in [2.05, 4.69) is 438 Å². The maximum atomic E-state index is 4.35. The van der Waals surface area contributed by atoms with Gasteiger partial charge in [0.1, 0.15) is 0 Å². The van der Waals surface area contributed by atoms with Crippen molar-refractivity contribution in [1.82, 2.24) is 32.4 Å². The second kappa shape index (κ2) is 28.6. The summed E-state index contributed by atoms with van der Waals surface area (Å²) in [6.07, 6.45) is 13.7. The Kier molecular flexibility index (Phi) is 16.9. The van der Waals surface area contributed by atoms with Crippen LogP contribution in [0.15, 0.2) is 415 Å². The van der Waals surface area contributed by atoms with E-state index in [0.717, 1.165) is 46.2 Å². The molecule has 116 heavy (non-hydrogen) atoms. The van der Waals surface area contributed by atoms with Gasteiger partial charge in [0.2, 0.25) is 5.69 Å². The van der Waals surface area contributed by atoms with Gasteiger partial charge in [0.15, 0.2) is 12.4 Å². The molecule has 23 aromatic rings. The van der Waals surface area contributed by atoms with Gasteiger partial charge in [-0.05, 0) is 162 Å². The number of hydrogen-bond acceptors (Lipinski definition) is 2. The second-order valence-corrected chi connectivity index (χ2v) is 29.5. The van der Waals surface area contributed by atoms with Crippen LogP contribution in [0.3, 0.4) is 0 Å². The zero-order valence-corrected chi connectivity index (χ0v) is 63.6. The van der Waals surface area contributed by atoms with Crippen molar-refractivity contribution in [1.29, 1.82) is 0 Å². The smallest absolute Gasteiger partial charge is 0.211 e. The normalized spacial score (nSPS) is 11.6. The van der Waals surface area contributed by atoms with Crippen molar-refractivity contribution < 1.29 is 4.57 Å². The molecule has 0 spiro atoms. The predicted octanol–water partition coefficient (Wildman–Crippen LogP) is 27.4. The molecule has 0 amide bonds. The Bertz CT molecular complexity index is 7700. The number of anilines is 3. The molecule has 548 valence electrons. The lowest BCUT2D eigenvalue weighted by Gasteiger charge is -2.25. The van der Waals surface area contributed by atoms with Crippen molar-refractivity contribution in [3.63, 3.8) is 0 Å². The quantitative estimate of drug-likeness (QED) is 0.108. The van der Waals surface area contributed by atoms with Crippen LogP contribution in [0.25, 0.3) is 183 Å². The van der Waals surface area contributed by atoms with Crippen LogP contribution in [0, 0.1) is 0 Å². The lowest BCUT2D eigenvalue weighted by Crippen LogP contribution is -2.28. The van der Waals surface area contributed by atoms with E-state index in [-0.39, 0.29) is 0 Å². The predicted molar refractivity (Wildman–Crippen MR) is 489 cm³/mol. The Morgan fingerprint density at radius 1 is 0.302 bits per heavy atom. The molecule has 0 saturated heterocycles. The summed E-state index contributed by atoms with van der Waals surface area (Å²) in [7, 11) is 0. The molecule has 0 N–H and O–H groups in total. The number of benzene rings is 15. The van der Waals surface area contributed by atoms with Crippen LogP contribution in [-0.4, -0.2) is 32.4 Å². The molecule has 0 radical (unpaired) electrons. The molecular weight excluding hydrogens is 1410 g/mol. The van der Waals surface area contributed by atoms with E-state index in [1.165, 1.54) is 153 Å². The minimum absolute atomic E-state index is 0.777. The average Bonchev–Trinajstić information content (AvgIpc) is 1.55. The van der Waals surface area contributed by atoms with E-state index in [1.54, 1.807) is 0 Å². The Morgan fingerprint density at radius 3 is 1.27 bits per heavy atom. The Balaban J connectivity index is 0.000000112.